The molecule has 0 aliphatic heterocycles. The molecular weight excluding hydrogens is 332 g/mol. The Balaban J connectivity index is 2.82. The van der Waals surface area contributed by atoms with Crippen LogP contribution in [0.4, 0.5) is 4.79 Å². The predicted octanol–water partition coefficient (Wildman–Crippen LogP) is 1.59. The van der Waals surface area contributed by atoms with Crippen molar-refractivity contribution in [3.05, 3.63) is 67.3 Å². The van der Waals surface area contributed by atoms with E-state index in [0.29, 0.717) is 0 Å². The Kier molecular flexibility index (Phi) is 5.65. The fourth-order valence-electron chi connectivity index (χ4n) is 2.34. The van der Waals surface area contributed by atoms with Crippen molar-refractivity contribution < 1.29 is 9.53 Å². The minimum atomic E-state index is -0.872. The number of aromatic amines is 1. The first-order chi connectivity index (χ1) is 12.1. The molecule has 0 atom stereocenters. The van der Waals surface area contributed by atoms with Crippen molar-refractivity contribution >= 4 is 18.2 Å². The van der Waals surface area contributed by atoms with Crippen LogP contribution in [0.15, 0.2) is 39.9 Å². The highest BCUT2D eigenvalue weighted by Gasteiger charge is 2.21. The van der Waals surface area contributed by atoms with E-state index in [-0.39, 0.29) is 16.6 Å². The zero-order valence-electron chi connectivity index (χ0n) is 15.7. The van der Waals surface area contributed by atoms with E-state index >= 15 is 0 Å². The smallest absolute Gasteiger partial charge is 0.422 e. The second kappa shape index (κ2) is 7.56. The van der Waals surface area contributed by atoms with E-state index in [1.54, 1.807) is 39.0 Å². The third kappa shape index (κ3) is 4.81. The number of carbonyl (C=O) groups is 1. The fraction of sp³-hybridized carbons (Fsp3) is 0.350. The average molecular weight is 356 g/mol. The van der Waals surface area contributed by atoms with Crippen LogP contribution in [0.3, 0.4) is 0 Å². The summed E-state index contributed by atoms with van der Waals surface area (Å²) in [7, 11) is 0. The average Bonchev–Trinajstić information content (AvgIpc) is 2.51. The first-order valence-electron chi connectivity index (χ1n) is 8.46. The summed E-state index contributed by atoms with van der Waals surface area (Å²) < 4.78 is 6.13. The molecule has 0 saturated heterocycles. The Morgan fingerprint density at radius 3 is 2.31 bits per heavy atom. The van der Waals surface area contributed by atoms with Gasteiger partial charge in [0.1, 0.15) is 16.3 Å². The second-order valence-corrected chi connectivity index (χ2v) is 7.34. The molecule has 0 aliphatic carbocycles. The number of rotatable bonds is 2. The Labute approximate surface area is 151 Å². The van der Waals surface area contributed by atoms with Gasteiger partial charge in [-0.1, -0.05) is 50.3 Å². The van der Waals surface area contributed by atoms with Gasteiger partial charge in [-0.15, -0.1) is 0 Å². The lowest BCUT2D eigenvalue weighted by Gasteiger charge is -2.20. The van der Waals surface area contributed by atoms with Gasteiger partial charge in [0, 0.05) is 0 Å². The van der Waals surface area contributed by atoms with E-state index in [9.17, 15) is 14.4 Å². The van der Waals surface area contributed by atoms with Gasteiger partial charge >= 0.3 is 6.09 Å². The summed E-state index contributed by atoms with van der Waals surface area (Å²) in [6.07, 6.45) is 2.23. The molecular formula is C20H24N2O4. The number of hydrogen-bond donors (Lipinski definition) is 1. The van der Waals surface area contributed by atoms with Crippen LogP contribution in [0.1, 0.15) is 40.2 Å². The zero-order chi connectivity index (χ0) is 19.5. The van der Waals surface area contributed by atoms with Crippen molar-refractivity contribution in [1.82, 2.24) is 9.55 Å². The number of nitrogens with zero attached hydrogens (tertiary/aromatic N) is 1. The Morgan fingerprint density at radius 2 is 1.77 bits per heavy atom. The van der Waals surface area contributed by atoms with E-state index in [1.807, 2.05) is 32.0 Å². The monoisotopic (exact) mass is 356 g/mol. The maximum Gasteiger partial charge on any atom is 0.422 e. The summed E-state index contributed by atoms with van der Waals surface area (Å²) >= 11 is 0. The largest absolute Gasteiger partial charge is 0.443 e. The van der Waals surface area contributed by atoms with Crippen molar-refractivity contribution in [3.8, 4) is 0 Å². The minimum absolute atomic E-state index is 0.0213. The molecule has 1 aromatic heterocycles. The number of hydrogen-bond acceptors (Lipinski definition) is 4. The molecule has 0 spiro atoms. The maximum atomic E-state index is 12.9. The van der Waals surface area contributed by atoms with Gasteiger partial charge in [-0.2, -0.15) is 0 Å². The molecule has 0 amide bonds. The first kappa shape index (κ1) is 19.4. The molecule has 138 valence electrons. The minimum Gasteiger partial charge on any atom is -0.443 e. The highest BCUT2D eigenvalue weighted by molar-refractivity contribution is 5.71. The zero-order valence-corrected chi connectivity index (χ0v) is 15.7. The molecule has 1 heterocycles. The van der Waals surface area contributed by atoms with Gasteiger partial charge in [0.25, 0.3) is 11.1 Å². The highest BCUT2D eigenvalue weighted by atomic mass is 16.6. The molecule has 1 aromatic carbocycles. The predicted molar refractivity (Wildman–Crippen MR) is 102 cm³/mol. The van der Waals surface area contributed by atoms with E-state index in [1.165, 1.54) is 6.08 Å². The number of ether oxygens (including phenoxy) is 1. The quantitative estimate of drug-likeness (QED) is 0.886. The molecule has 0 saturated carbocycles. The number of carbonyl (C=O) groups excluding carboxylic acids is 1. The normalized spacial score (nSPS) is 13.3. The first-order valence-corrected chi connectivity index (χ1v) is 8.46. The van der Waals surface area contributed by atoms with Crippen LogP contribution in [0.25, 0.3) is 12.2 Å². The molecule has 2 aromatic rings. The Morgan fingerprint density at radius 1 is 1.15 bits per heavy atom. The molecule has 2 rings (SSSR count). The SMILES string of the molecule is CC(C)/C=c1/c(=O)[nH]/c(=C\c2ccccc2)c(=O)n1C(=O)OC(C)(C)C. The van der Waals surface area contributed by atoms with Crippen LogP contribution >= 0.6 is 0 Å². The van der Waals surface area contributed by atoms with Gasteiger partial charge < -0.3 is 9.72 Å². The van der Waals surface area contributed by atoms with Gasteiger partial charge in [0.15, 0.2) is 0 Å². The molecule has 0 fully saturated rings. The van der Waals surface area contributed by atoms with Crippen LogP contribution in [-0.2, 0) is 4.74 Å². The molecule has 6 nitrogen and oxygen atoms in total. The third-order valence-electron chi connectivity index (χ3n) is 3.33. The summed E-state index contributed by atoms with van der Waals surface area (Å²) in [5, 5.41) is -0.00238. The summed E-state index contributed by atoms with van der Waals surface area (Å²) in [6.45, 7) is 8.81. The number of nitrogens with one attached hydrogen (secondary N) is 1. The number of aromatic nitrogens is 2. The molecule has 0 radical (unpaired) electrons. The molecule has 26 heavy (non-hydrogen) atoms. The number of H-pyrrole nitrogens is 1. The maximum absolute atomic E-state index is 12.9. The van der Waals surface area contributed by atoms with E-state index < -0.39 is 22.8 Å². The molecule has 0 aliphatic rings. The number of benzene rings is 1. The molecule has 1 N–H and O–H groups in total. The van der Waals surface area contributed by atoms with E-state index in [4.69, 9.17) is 4.74 Å². The van der Waals surface area contributed by atoms with Crippen LogP contribution < -0.4 is 21.8 Å². The second-order valence-electron chi connectivity index (χ2n) is 7.34. The van der Waals surface area contributed by atoms with Crippen LogP contribution in [0, 0.1) is 5.92 Å². The molecule has 6 heteroatoms. The van der Waals surface area contributed by atoms with Crippen molar-refractivity contribution in [1.29, 1.82) is 0 Å². The lowest BCUT2D eigenvalue weighted by Crippen LogP contribution is -2.56. The highest BCUT2D eigenvalue weighted by Crippen LogP contribution is 2.07. The summed E-state index contributed by atoms with van der Waals surface area (Å²) in [4.78, 5) is 40.6. The van der Waals surface area contributed by atoms with Crippen LogP contribution in [0.5, 0.6) is 0 Å². The third-order valence-corrected chi connectivity index (χ3v) is 3.33. The van der Waals surface area contributed by atoms with Gasteiger partial charge in [0.05, 0.1) is 0 Å². The standard InChI is InChI=1S/C20H24N2O4/c1-13(2)11-16-17(23)21-15(12-14-9-7-6-8-10-14)18(24)22(16)19(25)26-20(3,4)5/h6-13H,1-5H3,(H,21,23)/b15-12-,16-11-. The van der Waals surface area contributed by atoms with Gasteiger partial charge in [-0.05, 0) is 38.3 Å². The lowest BCUT2D eigenvalue weighted by atomic mass is 10.2. The van der Waals surface area contributed by atoms with Crippen molar-refractivity contribution in [2.75, 3.05) is 0 Å². The van der Waals surface area contributed by atoms with Crippen LogP contribution in [0.2, 0.25) is 0 Å². The Bertz CT molecular complexity index is 1020. The van der Waals surface area contributed by atoms with Gasteiger partial charge in [0.2, 0.25) is 0 Å². The van der Waals surface area contributed by atoms with E-state index in [2.05, 4.69) is 4.98 Å². The van der Waals surface area contributed by atoms with E-state index in [0.717, 1.165) is 10.1 Å². The van der Waals surface area contributed by atoms with Gasteiger partial charge in [-0.3, -0.25) is 9.59 Å². The fourth-order valence-corrected chi connectivity index (χ4v) is 2.34. The summed E-state index contributed by atoms with van der Waals surface area (Å²) in [5.41, 5.74) is -1.21. The van der Waals surface area contributed by atoms with Crippen LogP contribution in [-0.4, -0.2) is 21.2 Å². The van der Waals surface area contributed by atoms with Gasteiger partial charge in [-0.25, -0.2) is 9.36 Å². The topological polar surface area (TPSA) is 81.2 Å². The molecule has 0 bridgehead atoms. The Hall–Kier alpha value is -2.89. The van der Waals surface area contributed by atoms with Crippen molar-refractivity contribution in [2.45, 2.75) is 40.2 Å². The lowest BCUT2D eigenvalue weighted by molar-refractivity contribution is 0.0523. The molecule has 0 unspecified atom stereocenters. The summed E-state index contributed by atoms with van der Waals surface area (Å²) in [6, 6.07) is 9.07. The summed E-state index contributed by atoms with van der Waals surface area (Å²) in [5.74, 6) is -0.0341. The van der Waals surface area contributed by atoms with Crippen molar-refractivity contribution in [2.24, 2.45) is 5.92 Å². The van der Waals surface area contributed by atoms with Crippen molar-refractivity contribution in [3.63, 3.8) is 0 Å².